The van der Waals surface area contributed by atoms with Gasteiger partial charge in [0.1, 0.15) is 6.33 Å². The predicted octanol–water partition coefficient (Wildman–Crippen LogP) is 1.93. The fraction of sp³-hybridized carbons (Fsp3) is 0.818. The number of aryl methyl sites for hydroxylation is 1. The molecule has 0 aliphatic rings. The minimum atomic E-state index is 0.523. The van der Waals surface area contributed by atoms with E-state index in [-0.39, 0.29) is 0 Å². The van der Waals surface area contributed by atoms with E-state index in [1.54, 1.807) is 18.1 Å². The van der Waals surface area contributed by atoms with Crippen LogP contribution in [0, 0.1) is 5.92 Å². The number of aromatic nitrogens is 3. The second kappa shape index (κ2) is 6.91. The highest BCUT2D eigenvalue weighted by Crippen LogP contribution is 2.18. The van der Waals surface area contributed by atoms with Gasteiger partial charge in [-0.2, -0.15) is 0 Å². The molecule has 1 aromatic heterocycles. The summed E-state index contributed by atoms with van der Waals surface area (Å²) >= 11 is 1.76. The zero-order valence-corrected chi connectivity index (χ0v) is 11.4. The molecule has 1 unspecified atom stereocenters. The lowest BCUT2D eigenvalue weighted by atomic mass is 10.1. The molecule has 5 heteroatoms. The van der Waals surface area contributed by atoms with Gasteiger partial charge in [-0.15, -0.1) is 10.2 Å². The van der Waals surface area contributed by atoms with Gasteiger partial charge < -0.3 is 9.88 Å². The van der Waals surface area contributed by atoms with E-state index < -0.39 is 0 Å². The van der Waals surface area contributed by atoms with Crippen molar-refractivity contribution >= 4 is 11.8 Å². The summed E-state index contributed by atoms with van der Waals surface area (Å²) < 4.78 is 1.95. The molecule has 1 aromatic rings. The van der Waals surface area contributed by atoms with Crippen LogP contribution in [0.5, 0.6) is 0 Å². The monoisotopic (exact) mass is 242 g/mol. The normalized spacial score (nSPS) is 13.3. The Labute approximate surface area is 102 Å². The van der Waals surface area contributed by atoms with Crippen molar-refractivity contribution in [3.8, 4) is 0 Å². The smallest absolute Gasteiger partial charge is 0.191 e. The molecular weight excluding hydrogens is 220 g/mol. The van der Waals surface area contributed by atoms with Crippen molar-refractivity contribution in [2.45, 2.75) is 37.6 Å². The van der Waals surface area contributed by atoms with Gasteiger partial charge in [-0.3, -0.25) is 0 Å². The Balaban J connectivity index is 2.16. The van der Waals surface area contributed by atoms with Gasteiger partial charge in [-0.25, -0.2) is 0 Å². The van der Waals surface area contributed by atoms with Crippen LogP contribution in [0.15, 0.2) is 11.5 Å². The summed E-state index contributed by atoms with van der Waals surface area (Å²) in [6, 6.07) is 0. The molecule has 0 aliphatic heterocycles. The van der Waals surface area contributed by atoms with Gasteiger partial charge in [0, 0.05) is 18.8 Å². The molecule has 1 rings (SSSR count). The third kappa shape index (κ3) is 4.99. The number of rotatable bonds is 7. The molecule has 0 saturated heterocycles. The van der Waals surface area contributed by atoms with Crippen LogP contribution in [-0.4, -0.2) is 33.1 Å². The van der Waals surface area contributed by atoms with Gasteiger partial charge in [0.15, 0.2) is 5.16 Å². The highest BCUT2D eigenvalue weighted by atomic mass is 32.2. The number of hydrogen-bond donors (Lipinski definition) is 1. The van der Waals surface area contributed by atoms with E-state index in [9.17, 15) is 0 Å². The molecule has 0 aromatic carbocycles. The average Bonchev–Trinajstić information content (AvgIpc) is 2.59. The number of nitrogens with zero attached hydrogens (tertiary/aromatic N) is 3. The van der Waals surface area contributed by atoms with Crippen molar-refractivity contribution in [3.63, 3.8) is 0 Å². The van der Waals surface area contributed by atoms with Crippen LogP contribution in [0.1, 0.15) is 27.2 Å². The summed E-state index contributed by atoms with van der Waals surface area (Å²) in [6.45, 7) is 8.83. The van der Waals surface area contributed by atoms with Crippen molar-refractivity contribution in [3.05, 3.63) is 6.33 Å². The highest BCUT2D eigenvalue weighted by Gasteiger charge is 2.08. The minimum Gasteiger partial charge on any atom is -0.316 e. The van der Waals surface area contributed by atoms with Gasteiger partial charge in [0.05, 0.1) is 0 Å². The van der Waals surface area contributed by atoms with Crippen LogP contribution in [0.2, 0.25) is 0 Å². The Bertz CT molecular complexity index is 298. The first kappa shape index (κ1) is 13.5. The zero-order valence-electron chi connectivity index (χ0n) is 10.6. The van der Waals surface area contributed by atoms with Crippen LogP contribution in [-0.2, 0) is 7.05 Å². The lowest BCUT2D eigenvalue weighted by Crippen LogP contribution is -2.24. The van der Waals surface area contributed by atoms with Gasteiger partial charge in [0.2, 0.25) is 0 Å². The summed E-state index contributed by atoms with van der Waals surface area (Å²) in [6.07, 6.45) is 2.97. The van der Waals surface area contributed by atoms with Gasteiger partial charge in [-0.05, 0) is 18.9 Å². The molecule has 0 saturated carbocycles. The van der Waals surface area contributed by atoms with Crippen molar-refractivity contribution in [1.29, 1.82) is 0 Å². The predicted molar refractivity (Wildman–Crippen MR) is 68.6 cm³/mol. The molecular formula is C11H22N4S. The van der Waals surface area contributed by atoms with Crippen molar-refractivity contribution in [2.24, 2.45) is 13.0 Å². The van der Waals surface area contributed by atoms with E-state index in [0.29, 0.717) is 5.25 Å². The van der Waals surface area contributed by atoms with Crippen LogP contribution >= 0.6 is 11.8 Å². The molecule has 0 radical (unpaired) electrons. The zero-order chi connectivity index (χ0) is 12.0. The summed E-state index contributed by atoms with van der Waals surface area (Å²) in [5, 5.41) is 12.9. The van der Waals surface area contributed by atoms with Crippen molar-refractivity contribution in [2.75, 3.05) is 13.1 Å². The van der Waals surface area contributed by atoms with Crippen LogP contribution in [0.4, 0.5) is 0 Å². The Morgan fingerprint density at radius 3 is 2.75 bits per heavy atom. The van der Waals surface area contributed by atoms with E-state index in [0.717, 1.165) is 24.2 Å². The topological polar surface area (TPSA) is 42.7 Å². The molecule has 16 heavy (non-hydrogen) atoms. The first-order valence-corrected chi connectivity index (χ1v) is 6.69. The fourth-order valence-corrected chi connectivity index (χ4v) is 2.17. The van der Waals surface area contributed by atoms with Crippen LogP contribution in [0.25, 0.3) is 0 Å². The molecule has 0 bridgehead atoms. The molecule has 92 valence electrons. The largest absolute Gasteiger partial charge is 0.316 e. The number of nitrogens with one attached hydrogen (secondary N) is 1. The van der Waals surface area contributed by atoms with Crippen LogP contribution < -0.4 is 5.32 Å². The Morgan fingerprint density at radius 1 is 1.44 bits per heavy atom. The maximum absolute atomic E-state index is 4.06. The third-order valence-corrected chi connectivity index (χ3v) is 3.46. The molecule has 4 nitrogen and oxygen atoms in total. The molecule has 0 aliphatic carbocycles. The third-order valence-electron chi connectivity index (χ3n) is 2.31. The first-order valence-electron chi connectivity index (χ1n) is 5.81. The molecule has 0 spiro atoms. The Morgan fingerprint density at radius 2 is 2.19 bits per heavy atom. The van der Waals surface area contributed by atoms with Gasteiger partial charge >= 0.3 is 0 Å². The standard InChI is InChI=1S/C11H22N4S/c1-9(2)5-6-12-7-10(3)16-11-14-13-8-15(11)4/h8-10,12H,5-7H2,1-4H3. The lowest BCUT2D eigenvalue weighted by molar-refractivity contribution is 0.538. The molecule has 0 fully saturated rings. The summed E-state index contributed by atoms with van der Waals surface area (Å²) in [5.41, 5.74) is 0. The number of hydrogen-bond acceptors (Lipinski definition) is 4. The van der Waals surface area contributed by atoms with E-state index >= 15 is 0 Å². The second-order valence-corrected chi connectivity index (χ2v) is 5.95. The maximum Gasteiger partial charge on any atom is 0.191 e. The second-order valence-electron chi connectivity index (χ2n) is 4.54. The summed E-state index contributed by atoms with van der Waals surface area (Å²) in [7, 11) is 1.97. The summed E-state index contributed by atoms with van der Waals surface area (Å²) in [4.78, 5) is 0. The van der Waals surface area contributed by atoms with Crippen molar-refractivity contribution in [1.82, 2.24) is 20.1 Å². The van der Waals surface area contributed by atoms with E-state index in [1.165, 1.54) is 6.42 Å². The lowest BCUT2D eigenvalue weighted by Gasteiger charge is -2.12. The van der Waals surface area contributed by atoms with Gasteiger partial charge in [-0.1, -0.05) is 32.5 Å². The Kier molecular flexibility index (Phi) is 5.84. The van der Waals surface area contributed by atoms with E-state index in [1.807, 2.05) is 11.6 Å². The van der Waals surface area contributed by atoms with Gasteiger partial charge in [0.25, 0.3) is 0 Å². The van der Waals surface area contributed by atoms with Crippen LogP contribution in [0.3, 0.4) is 0 Å². The number of thioether (sulfide) groups is 1. The quantitative estimate of drug-likeness (QED) is 0.586. The summed E-state index contributed by atoms with van der Waals surface area (Å²) in [5.74, 6) is 0.772. The van der Waals surface area contributed by atoms with Crippen molar-refractivity contribution < 1.29 is 0 Å². The fourth-order valence-electron chi connectivity index (χ4n) is 1.30. The SMILES string of the molecule is CC(C)CCNCC(C)Sc1nncn1C. The molecule has 0 amide bonds. The molecule has 1 atom stereocenters. The van der Waals surface area contributed by atoms with E-state index in [2.05, 4.69) is 36.3 Å². The molecule has 1 heterocycles. The molecule has 1 N–H and O–H groups in total. The minimum absolute atomic E-state index is 0.523. The van der Waals surface area contributed by atoms with E-state index in [4.69, 9.17) is 0 Å². The highest BCUT2D eigenvalue weighted by molar-refractivity contribution is 7.99. The first-order chi connectivity index (χ1) is 7.59. The maximum atomic E-state index is 4.06. The average molecular weight is 242 g/mol. The Hall–Kier alpha value is -0.550.